The van der Waals surface area contributed by atoms with Crippen LogP contribution < -0.4 is 0 Å². The SMILES string of the molecule is CCc1ccc(C(=O)CN2CCCC3CCCCC32)s1. The van der Waals surface area contributed by atoms with Crippen molar-refractivity contribution in [3.63, 3.8) is 0 Å². The lowest BCUT2D eigenvalue weighted by Gasteiger charge is -2.43. The predicted molar refractivity (Wildman–Crippen MR) is 84.6 cm³/mol. The van der Waals surface area contributed by atoms with Crippen LogP contribution in [-0.4, -0.2) is 29.8 Å². The van der Waals surface area contributed by atoms with Gasteiger partial charge in [-0.05, 0) is 56.7 Å². The number of carbonyl (C=O) groups excluding carboxylic acids is 1. The number of Topliss-reactive ketones (excluding diaryl/α,β-unsaturated/α-hetero) is 1. The summed E-state index contributed by atoms with van der Waals surface area (Å²) in [6, 6.07) is 4.82. The maximum Gasteiger partial charge on any atom is 0.186 e. The van der Waals surface area contributed by atoms with Gasteiger partial charge in [-0.1, -0.05) is 19.8 Å². The predicted octanol–water partition coefficient (Wildman–Crippen LogP) is 4.15. The first-order chi connectivity index (χ1) is 9.78. The Morgan fingerprint density at radius 3 is 2.85 bits per heavy atom. The smallest absolute Gasteiger partial charge is 0.186 e. The van der Waals surface area contributed by atoms with Gasteiger partial charge < -0.3 is 0 Å². The Hall–Kier alpha value is -0.670. The molecule has 2 aliphatic rings. The summed E-state index contributed by atoms with van der Waals surface area (Å²) in [6.45, 7) is 3.92. The number of aryl methyl sites for hydroxylation is 1. The van der Waals surface area contributed by atoms with Crippen molar-refractivity contribution in [3.8, 4) is 0 Å². The number of hydrogen-bond donors (Lipinski definition) is 0. The van der Waals surface area contributed by atoms with Crippen molar-refractivity contribution in [2.24, 2.45) is 5.92 Å². The number of likely N-dealkylation sites (tertiary alicyclic amines) is 1. The molecule has 2 fully saturated rings. The fraction of sp³-hybridized carbons (Fsp3) is 0.706. The van der Waals surface area contributed by atoms with Gasteiger partial charge in [0.15, 0.2) is 5.78 Å². The van der Waals surface area contributed by atoms with Crippen LogP contribution in [0.4, 0.5) is 0 Å². The molecule has 1 saturated carbocycles. The second-order valence-electron chi connectivity index (χ2n) is 6.27. The van der Waals surface area contributed by atoms with E-state index in [-0.39, 0.29) is 0 Å². The number of ketones is 1. The van der Waals surface area contributed by atoms with Crippen LogP contribution in [0.2, 0.25) is 0 Å². The highest BCUT2D eigenvalue weighted by molar-refractivity contribution is 7.14. The molecule has 1 saturated heterocycles. The van der Waals surface area contributed by atoms with Gasteiger partial charge in [0.1, 0.15) is 0 Å². The standard InChI is InChI=1S/C17H25NOS/c1-2-14-9-10-17(20-14)16(19)12-18-11-5-7-13-6-3-4-8-15(13)18/h9-10,13,15H,2-8,11-12H2,1H3. The van der Waals surface area contributed by atoms with Crippen molar-refractivity contribution in [2.75, 3.05) is 13.1 Å². The van der Waals surface area contributed by atoms with Crippen molar-refractivity contribution in [3.05, 3.63) is 21.9 Å². The van der Waals surface area contributed by atoms with Gasteiger partial charge in [-0.2, -0.15) is 0 Å². The summed E-state index contributed by atoms with van der Waals surface area (Å²) in [5.41, 5.74) is 0. The Labute approximate surface area is 126 Å². The second-order valence-corrected chi connectivity index (χ2v) is 7.44. The van der Waals surface area contributed by atoms with Crippen LogP contribution in [0.15, 0.2) is 12.1 Å². The van der Waals surface area contributed by atoms with Crippen LogP contribution in [-0.2, 0) is 6.42 Å². The average molecular weight is 291 g/mol. The first kappa shape index (κ1) is 14.3. The maximum atomic E-state index is 12.5. The molecule has 2 heterocycles. The van der Waals surface area contributed by atoms with Gasteiger partial charge in [-0.3, -0.25) is 9.69 Å². The van der Waals surface area contributed by atoms with Crippen molar-refractivity contribution in [2.45, 2.75) is 57.9 Å². The summed E-state index contributed by atoms with van der Waals surface area (Å²) in [5.74, 6) is 1.20. The van der Waals surface area contributed by atoms with Crippen molar-refractivity contribution in [1.29, 1.82) is 0 Å². The molecule has 2 unspecified atom stereocenters. The molecule has 3 rings (SSSR count). The quantitative estimate of drug-likeness (QED) is 0.777. The topological polar surface area (TPSA) is 20.3 Å². The summed E-state index contributed by atoms with van der Waals surface area (Å²) >= 11 is 1.68. The molecule has 0 amide bonds. The number of hydrogen-bond acceptors (Lipinski definition) is 3. The van der Waals surface area contributed by atoms with Crippen molar-refractivity contribution in [1.82, 2.24) is 4.90 Å². The molecular weight excluding hydrogens is 266 g/mol. The number of rotatable bonds is 4. The van der Waals surface area contributed by atoms with Gasteiger partial charge in [-0.15, -0.1) is 11.3 Å². The minimum Gasteiger partial charge on any atom is -0.293 e. The molecule has 2 nitrogen and oxygen atoms in total. The molecular formula is C17H25NOS. The molecule has 20 heavy (non-hydrogen) atoms. The lowest BCUT2D eigenvalue weighted by atomic mass is 9.78. The fourth-order valence-electron chi connectivity index (χ4n) is 3.90. The highest BCUT2D eigenvalue weighted by atomic mass is 32.1. The molecule has 1 aromatic heterocycles. The van der Waals surface area contributed by atoms with Gasteiger partial charge in [-0.25, -0.2) is 0 Å². The molecule has 0 aromatic carbocycles. The van der Waals surface area contributed by atoms with E-state index in [1.165, 1.54) is 43.4 Å². The van der Waals surface area contributed by atoms with Crippen molar-refractivity contribution >= 4 is 17.1 Å². The van der Waals surface area contributed by atoms with Crippen LogP contribution in [0.1, 0.15) is 60.0 Å². The highest BCUT2D eigenvalue weighted by Crippen LogP contribution is 2.35. The Morgan fingerprint density at radius 1 is 1.25 bits per heavy atom. The summed E-state index contributed by atoms with van der Waals surface area (Å²) in [4.78, 5) is 17.3. The zero-order valence-corrected chi connectivity index (χ0v) is 13.3. The third-order valence-electron chi connectivity index (χ3n) is 4.99. The number of nitrogens with zero attached hydrogens (tertiary/aromatic N) is 1. The third kappa shape index (κ3) is 2.99. The number of piperidine rings is 1. The Balaban J connectivity index is 1.65. The van der Waals surface area contributed by atoms with E-state index in [4.69, 9.17) is 0 Å². The Bertz CT molecular complexity index is 465. The van der Waals surface area contributed by atoms with Crippen LogP contribution in [0.3, 0.4) is 0 Å². The van der Waals surface area contributed by atoms with Gasteiger partial charge in [0.2, 0.25) is 0 Å². The summed E-state index contributed by atoms with van der Waals surface area (Å²) in [5, 5.41) is 0. The number of thiophene rings is 1. The normalized spacial score (nSPS) is 27.2. The second kappa shape index (κ2) is 6.40. The molecule has 0 N–H and O–H groups in total. The van der Waals surface area contributed by atoms with Crippen LogP contribution in [0, 0.1) is 5.92 Å². The summed E-state index contributed by atoms with van der Waals surface area (Å²) < 4.78 is 0. The third-order valence-corrected chi connectivity index (χ3v) is 6.26. The van der Waals surface area contributed by atoms with Gasteiger partial charge in [0.05, 0.1) is 11.4 Å². The van der Waals surface area contributed by atoms with Gasteiger partial charge >= 0.3 is 0 Å². The summed E-state index contributed by atoms with van der Waals surface area (Å²) in [7, 11) is 0. The van der Waals surface area contributed by atoms with Crippen LogP contribution in [0.25, 0.3) is 0 Å². The van der Waals surface area contributed by atoms with Gasteiger partial charge in [0, 0.05) is 10.9 Å². The van der Waals surface area contributed by atoms with Crippen LogP contribution >= 0.6 is 11.3 Å². The number of fused-ring (bicyclic) bond motifs is 1. The molecule has 1 aliphatic heterocycles. The highest BCUT2D eigenvalue weighted by Gasteiger charge is 2.34. The van der Waals surface area contributed by atoms with E-state index in [2.05, 4.69) is 17.9 Å². The van der Waals surface area contributed by atoms with E-state index in [9.17, 15) is 4.79 Å². The first-order valence-electron chi connectivity index (χ1n) is 8.14. The van der Waals surface area contributed by atoms with Crippen LogP contribution in [0.5, 0.6) is 0 Å². The molecule has 2 atom stereocenters. The number of carbonyl (C=O) groups is 1. The zero-order chi connectivity index (χ0) is 13.9. The zero-order valence-electron chi connectivity index (χ0n) is 12.4. The lowest BCUT2D eigenvalue weighted by molar-refractivity contribution is 0.0541. The largest absolute Gasteiger partial charge is 0.293 e. The van der Waals surface area contributed by atoms with E-state index in [0.717, 1.165) is 23.8 Å². The monoisotopic (exact) mass is 291 g/mol. The Morgan fingerprint density at radius 2 is 2.05 bits per heavy atom. The van der Waals surface area contributed by atoms with E-state index in [1.807, 2.05) is 6.07 Å². The molecule has 0 spiro atoms. The van der Waals surface area contributed by atoms with E-state index in [0.29, 0.717) is 18.4 Å². The Kier molecular flexibility index (Phi) is 4.57. The fourth-order valence-corrected chi connectivity index (χ4v) is 4.78. The van der Waals surface area contributed by atoms with Gasteiger partial charge in [0.25, 0.3) is 0 Å². The molecule has 0 bridgehead atoms. The molecule has 0 radical (unpaired) electrons. The van der Waals surface area contributed by atoms with E-state index < -0.39 is 0 Å². The van der Waals surface area contributed by atoms with E-state index >= 15 is 0 Å². The minimum atomic E-state index is 0.334. The summed E-state index contributed by atoms with van der Waals surface area (Å²) in [6.07, 6.45) is 9.13. The van der Waals surface area contributed by atoms with E-state index in [1.54, 1.807) is 11.3 Å². The lowest BCUT2D eigenvalue weighted by Crippen LogP contribution is -2.48. The average Bonchev–Trinajstić information content (AvgIpc) is 2.97. The molecule has 1 aromatic rings. The minimum absolute atomic E-state index is 0.334. The molecule has 3 heteroatoms. The molecule has 1 aliphatic carbocycles. The van der Waals surface area contributed by atoms with Crippen molar-refractivity contribution < 1.29 is 4.79 Å². The molecule has 110 valence electrons. The first-order valence-corrected chi connectivity index (χ1v) is 8.95. The maximum absolute atomic E-state index is 12.5.